The lowest BCUT2D eigenvalue weighted by molar-refractivity contribution is 0.0398. The first kappa shape index (κ1) is 27.2. The molecule has 0 bridgehead atoms. The maximum absolute atomic E-state index is 13.6. The van der Waals surface area contributed by atoms with Crippen molar-refractivity contribution in [1.82, 2.24) is 24.6 Å². The molecule has 11 heteroatoms. The summed E-state index contributed by atoms with van der Waals surface area (Å²) in [4.78, 5) is 23.9. The van der Waals surface area contributed by atoms with Crippen LogP contribution in [0, 0.1) is 26.6 Å². The van der Waals surface area contributed by atoms with E-state index in [1.54, 1.807) is 11.6 Å². The number of rotatable bonds is 9. The van der Waals surface area contributed by atoms with Crippen LogP contribution in [0.4, 0.5) is 27.4 Å². The average molecular weight is 545 g/mol. The molecule has 4 aromatic rings. The molecule has 0 atom stereocenters. The number of halogens is 1. The highest BCUT2D eigenvalue weighted by molar-refractivity contribution is 6.04. The van der Waals surface area contributed by atoms with Crippen molar-refractivity contribution in [1.29, 1.82) is 0 Å². The van der Waals surface area contributed by atoms with E-state index in [1.807, 2.05) is 44.2 Å². The summed E-state index contributed by atoms with van der Waals surface area (Å²) in [5, 5.41) is 14.4. The van der Waals surface area contributed by atoms with E-state index in [0.29, 0.717) is 28.5 Å². The van der Waals surface area contributed by atoms with Crippen molar-refractivity contribution in [2.24, 2.45) is 0 Å². The van der Waals surface area contributed by atoms with Crippen LogP contribution in [0.5, 0.6) is 0 Å². The minimum atomic E-state index is -0.343. The predicted molar refractivity (Wildman–Crippen MR) is 153 cm³/mol. The molecule has 1 saturated heterocycles. The van der Waals surface area contributed by atoms with Crippen LogP contribution in [0.25, 0.3) is 5.82 Å². The highest BCUT2D eigenvalue weighted by atomic mass is 19.1. The number of amides is 1. The second kappa shape index (κ2) is 12.2. The van der Waals surface area contributed by atoms with Gasteiger partial charge in [0, 0.05) is 55.2 Å². The Morgan fingerprint density at radius 1 is 1.00 bits per heavy atom. The standard InChI is InChI=1S/C29H33FN8O2/c1-19-4-6-23(34-29(39)22-5-7-24(30)20(2)14-22)16-25(19)35-28-15-21(3)36-38(28)27-17-26(32-18-33-27)31-8-9-37-10-12-40-13-11-37/h4-7,14-18,35H,8-13H2,1-3H3,(H,34,39)(H,31,32,33). The molecule has 2 aromatic heterocycles. The number of morpholine rings is 1. The zero-order chi connectivity index (χ0) is 28.1. The fourth-order valence-electron chi connectivity index (χ4n) is 4.45. The number of nitrogens with zero attached hydrogens (tertiary/aromatic N) is 5. The molecule has 0 aliphatic carbocycles. The van der Waals surface area contributed by atoms with Crippen LogP contribution in [-0.4, -0.2) is 69.9 Å². The number of aryl methyl sites for hydroxylation is 3. The Morgan fingerprint density at radius 2 is 1.82 bits per heavy atom. The van der Waals surface area contributed by atoms with E-state index in [2.05, 4.69) is 35.9 Å². The van der Waals surface area contributed by atoms with E-state index in [1.165, 1.54) is 24.5 Å². The zero-order valence-electron chi connectivity index (χ0n) is 22.9. The van der Waals surface area contributed by atoms with Crippen LogP contribution in [0.1, 0.15) is 27.2 Å². The zero-order valence-corrected chi connectivity index (χ0v) is 22.9. The first-order valence-electron chi connectivity index (χ1n) is 13.2. The second-order valence-corrected chi connectivity index (χ2v) is 9.80. The van der Waals surface area contributed by atoms with Gasteiger partial charge in [-0.3, -0.25) is 9.69 Å². The molecule has 0 radical (unpaired) electrons. The summed E-state index contributed by atoms with van der Waals surface area (Å²) < 4.78 is 20.8. The van der Waals surface area contributed by atoms with E-state index in [9.17, 15) is 9.18 Å². The Bertz CT molecular complexity index is 1500. The highest BCUT2D eigenvalue weighted by Gasteiger charge is 2.14. The summed E-state index contributed by atoms with van der Waals surface area (Å²) in [7, 11) is 0. The Kier molecular flexibility index (Phi) is 8.32. The van der Waals surface area contributed by atoms with Crippen molar-refractivity contribution in [3.05, 3.63) is 83.1 Å². The number of carbonyl (C=O) groups is 1. The molecule has 40 heavy (non-hydrogen) atoms. The monoisotopic (exact) mass is 544 g/mol. The van der Waals surface area contributed by atoms with Crippen molar-refractivity contribution >= 4 is 28.9 Å². The first-order chi connectivity index (χ1) is 19.4. The molecular weight excluding hydrogens is 511 g/mol. The summed E-state index contributed by atoms with van der Waals surface area (Å²) >= 11 is 0. The molecule has 10 nitrogen and oxygen atoms in total. The number of nitrogens with one attached hydrogen (secondary N) is 3. The van der Waals surface area contributed by atoms with Crippen molar-refractivity contribution < 1.29 is 13.9 Å². The maximum atomic E-state index is 13.6. The number of aromatic nitrogens is 4. The molecule has 2 aromatic carbocycles. The highest BCUT2D eigenvalue weighted by Crippen LogP contribution is 2.27. The van der Waals surface area contributed by atoms with Crippen LogP contribution < -0.4 is 16.0 Å². The van der Waals surface area contributed by atoms with Gasteiger partial charge in [-0.2, -0.15) is 9.78 Å². The van der Waals surface area contributed by atoms with E-state index in [0.717, 1.165) is 62.2 Å². The molecule has 1 fully saturated rings. The molecule has 3 N–H and O–H groups in total. The molecule has 5 rings (SSSR count). The van der Waals surface area contributed by atoms with Gasteiger partial charge in [-0.25, -0.2) is 14.4 Å². The van der Waals surface area contributed by atoms with Gasteiger partial charge in [0.1, 0.15) is 23.8 Å². The summed E-state index contributed by atoms with van der Waals surface area (Å²) in [6.45, 7) is 10.6. The van der Waals surface area contributed by atoms with Gasteiger partial charge in [-0.15, -0.1) is 0 Å². The molecule has 1 aliphatic rings. The van der Waals surface area contributed by atoms with Gasteiger partial charge in [-0.05, 0) is 62.2 Å². The first-order valence-corrected chi connectivity index (χ1v) is 13.2. The van der Waals surface area contributed by atoms with Crippen molar-refractivity contribution in [3.8, 4) is 5.82 Å². The minimum absolute atomic E-state index is 0.312. The van der Waals surface area contributed by atoms with Crippen molar-refractivity contribution in [2.45, 2.75) is 20.8 Å². The predicted octanol–water partition coefficient (Wildman–Crippen LogP) is 4.47. The summed E-state index contributed by atoms with van der Waals surface area (Å²) in [5.41, 5.74) is 4.01. The lowest BCUT2D eigenvalue weighted by Gasteiger charge is -2.26. The lowest BCUT2D eigenvalue weighted by atomic mass is 10.1. The van der Waals surface area contributed by atoms with Crippen LogP contribution in [-0.2, 0) is 4.74 Å². The Hall–Kier alpha value is -4.35. The normalized spacial score (nSPS) is 13.7. The van der Waals surface area contributed by atoms with Gasteiger partial charge < -0.3 is 20.7 Å². The number of ether oxygens (including phenoxy) is 1. The third kappa shape index (κ3) is 6.61. The number of hydrogen-bond acceptors (Lipinski definition) is 8. The largest absolute Gasteiger partial charge is 0.379 e. The average Bonchev–Trinajstić information content (AvgIpc) is 3.32. The number of benzene rings is 2. The third-order valence-electron chi connectivity index (χ3n) is 6.72. The molecule has 1 amide bonds. The number of hydrogen-bond donors (Lipinski definition) is 3. The van der Waals surface area contributed by atoms with Crippen LogP contribution >= 0.6 is 0 Å². The summed E-state index contributed by atoms with van der Waals surface area (Å²) in [6, 6.07) is 13.7. The van der Waals surface area contributed by atoms with E-state index < -0.39 is 0 Å². The molecular formula is C29H33FN8O2. The molecule has 208 valence electrons. The Balaban J connectivity index is 1.30. The smallest absolute Gasteiger partial charge is 0.255 e. The summed E-state index contributed by atoms with van der Waals surface area (Å²) in [6.07, 6.45) is 1.52. The Morgan fingerprint density at radius 3 is 2.62 bits per heavy atom. The number of anilines is 4. The fraction of sp³-hybridized carbons (Fsp3) is 0.310. The van der Waals surface area contributed by atoms with Gasteiger partial charge in [0.2, 0.25) is 0 Å². The third-order valence-corrected chi connectivity index (χ3v) is 6.72. The van der Waals surface area contributed by atoms with Crippen LogP contribution in [0.15, 0.2) is 54.9 Å². The van der Waals surface area contributed by atoms with Gasteiger partial charge >= 0.3 is 0 Å². The quantitative estimate of drug-likeness (QED) is 0.283. The van der Waals surface area contributed by atoms with Crippen molar-refractivity contribution in [2.75, 3.05) is 55.3 Å². The van der Waals surface area contributed by atoms with Gasteiger partial charge in [-0.1, -0.05) is 6.07 Å². The second-order valence-electron chi connectivity index (χ2n) is 9.80. The van der Waals surface area contributed by atoms with Crippen LogP contribution in [0.2, 0.25) is 0 Å². The van der Waals surface area contributed by atoms with Gasteiger partial charge in [0.15, 0.2) is 5.82 Å². The topological polar surface area (TPSA) is 109 Å². The minimum Gasteiger partial charge on any atom is -0.379 e. The number of carbonyl (C=O) groups excluding carboxylic acids is 1. The lowest BCUT2D eigenvalue weighted by Crippen LogP contribution is -2.39. The van der Waals surface area contributed by atoms with Crippen molar-refractivity contribution in [3.63, 3.8) is 0 Å². The van der Waals surface area contributed by atoms with Crippen LogP contribution in [0.3, 0.4) is 0 Å². The maximum Gasteiger partial charge on any atom is 0.255 e. The van der Waals surface area contributed by atoms with E-state index >= 15 is 0 Å². The molecule has 1 aliphatic heterocycles. The molecule has 0 saturated carbocycles. The SMILES string of the molecule is Cc1cc(Nc2cc(NC(=O)c3ccc(F)c(C)c3)ccc2C)n(-c2cc(NCCN3CCOCC3)ncn2)n1. The van der Waals surface area contributed by atoms with E-state index in [-0.39, 0.29) is 11.7 Å². The van der Waals surface area contributed by atoms with E-state index in [4.69, 9.17) is 4.74 Å². The molecule has 0 unspecified atom stereocenters. The summed E-state index contributed by atoms with van der Waals surface area (Å²) in [5.74, 6) is 1.40. The van der Waals surface area contributed by atoms with Gasteiger partial charge in [0.25, 0.3) is 5.91 Å². The van der Waals surface area contributed by atoms with Gasteiger partial charge in [0.05, 0.1) is 18.9 Å². The fourth-order valence-corrected chi connectivity index (χ4v) is 4.45. The molecule has 0 spiro atoms. The Labute approximate surface area is 232 Å². The molecule has 3 heterocycles.